The molecule has 0 bridgehead atoms. The molecule has 4 nitrogen and oxygen atoms in total. The Kier molecular flexibility index (Phi) is 10.4. The summed E-state index contributed by atoms with van der Waals surface area (Å²) in [7, 11) is 0. The highest BCUT2D eigenvalue weighted by Gasteiger charge is 2.28. The van der Waals surface area contributed by atoms with Crippen LogP contribution in [0.3, 0.4) is 0 Å². The average Bonchev–Trinajstić information content (AvgIpc) is 2.79. The van der Waals surface area contributed by atoms with Crippen molar-refractivity contribution < 1.29 is 4.79 Å². The molecule has 0 aromatic heterocycles. The predicted molar refractivity (Wildman–Crippen MR) is 134 cm³/mol. The average molecular weight is 485 g/mol. The van der Waals surface area contributed by atoms with Gasteiger partial charge in [-0.1, -0.05) is 29.8 Å². The lowest BCUT2D eigenvalue weighted by atomic mass is 9.97. The Labute approximate surface area is 203 Å². The van der Waals surface area contributed by atoms with E-state index in [2.05, 4.69) is 26.8 Å². The van der Waals surface area contributed by atoms with Crippen molar-refractivity contribution in [2.45, 2.75) is 31.7 Å². The maximum absolute atomic E-state index is 13.0. The molecule has 2 fully saturated rings. The smallest absolute Gasteiger partial charge is 0.254 e. The molecule has 170 valence electrons. The number of anilines is 1. The van der Waals surface area contributed by atoms with Gasteiger partial charge in [-0.2, -0.15) is 0 Å². The quantitative estimate of drug-likeness (QED) is 0.569. The van der Waals surface area contributed by atoms with E-state index in [1.54, 1.807) is 0 Å². The fourth-order valence-electron chi connectivity index (χ4n) is 4.53. The summed E-state index contributed by atoms with van der Waals surface area (Å²) < 4.78 is 0. The number of rotatable bonds is 5. The van der Waals surface area contributed by atoms with Crippen molar-refractivity contribution in [1.82, 2.24) is 9.80 Å². The van der Waals surface area contributed by atoms with Crippen LogP contribution in [0.25, 0.3) is 0 Å². The number of carbonyl (C=O) groups excluding carboxylic acids is 1. The van der Waals surface area contributed by atoms with Crippen molar-refractivity contribution >= 4 is 48.0 Å². The number of nitrogens with zero attached hydrogens (tertiary/aromatic N) is 3. The Morgan fingerprint density at radius 3 is 2.23 bits per heavy atom. The molecule has 31 heavy (non-hydrogen) atoms. The number of hydrogen-bond donors (Lipinski definition) is 0. The van der Waals surface area contributed by atoms with E-state index in [0.717, 1.165) is 69.1 Å². The molecule has 0 aliphatic carbocycles. The van der Waals surface area contributed by atoms with Crippen molar-refractivity contribution in [1.29, 1.82) is 0 Å². The van der Waals surface area contributed by atoms with Crippen LogP contribution in [0.4, 0.5) is 5.69 Å². The number of benzene rings is 2. The fraction of sp³-hybridized carbons (Fsp3) is 0.458. The van der Waals surface area contributed by atoms with Gasteiger partial charge in [-0.05, 0) is 62.1 Å². The van der Waals surface area contributed by atoms with Crippen LogP contribution >= 0.6 is 36.4 Å². The van der Waals surface area contributed by atoms with Gasteiger partial charge in [0.1, 0.15) is 0 Å². The highest BCUT2D eigenvalue weighted by molar-refractivity contribution is 6.30. The Morgan fingerprint density at radius 1 is 0.871 bits per heavy atom. The largest absolute Gasteiger partial charge is 0.369 e. The summed E-state index contributed by atoms with van der Waals surface area (Å²) in [6.07, 6.45) is 4.55. The third-order valence-electron chi connectivity index (χ3n) is 6.25. The van der Waals surface area contributed by atoms with E-state index < -0.39 is 0 Å². The highest BCUT2D eigenvalue weighted by atomic mass is 35.5. The monoisotopic (exact) mass is 483 g/mol. The molecule has 2 aromatic carbocycles. The number of amides is 1. The van der Waals surface area contributed by atoms with Gasteiger partial charge >= 0.3 is 0 Å². The van der Waals surface area contributed by atoms with E-state index in [0.29, 0.717) is 6.04 Å². The third kappa shape index (κ3) is 6.76. The van der Waals surface area contributed by atoms with Gasteiger partial charge < -0.3 is 9.80 Å². The molecule has 0 spiro atoms. The van der Waals surface area contributed by atoms with Gasteiger partial charge in [-0.25, -0.2) is 0 Å². The molecule has 0 saturated carbocycles. The summed E-state index contributed by atoms with van der Waals surface area (Å²) in [6, 6.07) is 18.2. The maximum Gasteiger partial charge on any atom is 0.254 e. The molecule has 2 aliphatic heterocycles. The molecule has 7 heteroatoms. The Hall–Kier alpha value is -1.46. The SMILES string of the molecule is Cl.Cl.O=C(c1ccccc1)N1CCCCC1CCN1CCN(c2ccc(Cl)cc2)CC1. The topological polar surface area (TPSA) is 26.8 Å². The Balaban J connectivity index is 0.00000171. The van der Waals surface area contributed by atoms with Crippen molar-refractivity contribution in [3.8, 4) is 0 Å². The Morgan fingerprint density at radius 2 is 1.55 bits per heavy atom. The highest BCUT2D eigenvalue weighted by Crippen LogP contribution is 2.23. The standard InChI is InChI=1S/C24H30ClN3O.2ClH/c25-21-9-11-22(12-10-21)27-18-16-26(17-19-27)15-13-23-8-4-5-14-28(23)24(29)20-6-2-1-3-7-20;;/h1-3,6-7,9-12,23H,4-5,8,13-19H2;2*1H. The fourth-order valence-corrected chi connectivity index (χ4v) is 4.65. The molecule has 2 saturated heterocycles. The van der Waals surface area contributed by atoms with Crippen LogP contribution in [0, 0.1) is 0 Å². The van der Waals surface area contributed by atoms with Gasteiger partial charge in [0.15, 0.2) is 0 Å². The van der Waals surface area contributed by atoms with Crippen molar-refractivity contribution in [2.24, 2.45) is 0 Å². The lowest BCUT2D eigenvalue weighted by Crippen LogP contribution is -2.49. The zero-order valence-electron chi connectivity index (χ0n) is 17.8. The molecule has 1 unspecified atom stereocenters. The summed E-state index contributed by atoms with van der Waals surface area (Å²) in [5, 5.41) is 0.787. The first-order valence-corrected chi connectivity index (χ1v) is 11.2. The first-order valence-electron chi connectivity index (χ1n) is 10.8. The van der Waals surface area contributed by atoms with Gasteiger partial charge in [0.25, 0.3) is 5.91 Å². The van der Waals surface area contributed by atoms with Crippen LogP contribution in [-0.2, 0) is 0 Å². The number of carbonyl (C=O) groups is 1. The van der Waals surface area contributed by atoms with Crippen molar-refractivity contribution in [3.63, 3.8) is 0 Å². The second-order valence-corrected chi connectivity index (χ2v) is 8.54. The first kappa shape index (κ1) is 25.8. The van der Waals surface area contributed by atoms with E-state index in [1.807, 2.05) is 42.5 Å². The second-order valence-electron chi connectivity index (χ2n) is 8.11. The molecular formula is C24H32Cl3N3O. The molecule has 0 radical (unpaired) electrons. The number of halogens is 3. The molecule has 1 atom stereocenters. The molecule has 2 aliphatic rings. The minimum absolute atomic E-state index is 0. The summed E-state index contributed by atoms with van der Waals surface area (Å²) in [4.78, 5) is 20.1. The number of piperidine rings is 1. The third-order valence-corrected chi connectivity index (χ3v) is 6.50. The minimum atomic E-state index is 0. The van der Waals surface area contributed by atoms with Crippen LogP contribution in [0.15, 0.2) is 54.6 Å². The molecular weight excluding hydrogens is 453 g/mol. The van der Waals surface area contributed by atoms with Crippen molar-refractivity contribution in [2.75, 3.05) is 44.2 Å². The van der Waals surface area contributed by atoms with E-state index in [4.69, 9.17) is 11.6 Å². The van der Waals surface area contributed by atoms with Crippen LogP contribution < -0.4 is 4.90 Å². The zero-order valence-corrected chi connectivity index (χ0v) is 20.2. The Bertz CT molecular complexity index is 795. The first-order chi connectivity index (χ1) is 14.2. The maximum atomic E-state index is 13.0. The van der Waals surface area contributed by atoms with E-state index >= 15 is 0 Å². The molecule has 0 N–H and O–H groups in total. The van der Waals surface area contributed by atoms with Gasteiger partial charge in [-0.3, -0.25) is 9.69 Å². The van der Waals surface area contributed by atoms with Crippen LogP contribution in [0.2, 0.25) is 5.02 Å². The summed E-state index contributed by atoms with van der Waals surface area (Å²) in [5.74, 6) is 0.197. The van der Waals surface area contributed by atoms with E-state index in [9.17, 15) is 4.79 Å². The summed E-state index contributed by atoms with van der Waals surface area (Å²) in [6.45, 7) is 6.18. The van der Waals surface area contributed by atoms with Crippen LogP contribution in [-0.4, -0.2) is 61.0 Å². The summed E-state index contributed by atoms with van der Waals surface area (Å²) >= 11 is 6.01. The number of likely N-dealkylation sites (tertiary alicyclic amines) is 1. The van der Waals surface area contributed by atoms with Gasteiger partial charge in [0.2, 0.25) is 0 Å². The van der Waals surface area contributed by atoms with Gasteiger partial charge in [-0.15, -0.1) is 24.8 Å². The molecule has 2 heterocycles. The number of piperazine rings is 1. The predicted octanol–water partition coefficient (Wildman–Crippen LogP) is 5.39. The van der Waals surface area contributed by atoms with Crippen molar-refractivity contribution in [3.05, 3.63) is 65.2 Å². The molecule has 1 amide bonds. The molecule has 4 rings (SSSR count). The van der Waals surface area contributed by atoms with E-state index in [1.165, 1.54) is 12.1 Å². The van der Waals surface area contributed by atoms with E-state index in [-0.39, 0.29) is 30.7 Å². The lowest BCUT2D eigenvalue weighted by molar-refractivity contribution is 0.0582. The van der Waals surface area contributed by atoms with Gasteiger partial charge in [0, 0.05) is 61.6 Å². The number of hydrogen-bond acceptors (Lipinski definition) is 3. The van der Waals surface area contributed by atoms with Gasteiger partial charge in [0.05, 0.1) is 0 Å². The van der Waals surface area contributed by atoms with Crippen LogP contribution in [0.1, 0.15) is 36.0 Å². The lowest BCUT2D eigenvalue weighted by Gasteiger charge is -2.39. The minimum Gasteiger partial charge on any atom is -0.369 e. The summed E-state index contributed by atoms with van der Waals surface area (Å²) in [5.41, 5.74) is 2.07. The zero-order chi connectivity index (χ0) is 20.1. The normalized spacial score (nSPS) is 19.3. The van der Waals surface area contributed by atoms with Crippen LogP contribution in [0.5, 0.6) is 0 Å². The molecule has 2 aromatic rings. The second kappa shape index (κ2) is 12.5.